The van der Waals surface area contributed by atoms with E-state index in [2.05, 4.69) is 0 Å². The maximum absolute atomic E-state index is 13.7. The van der Waals surface area contributed by atoms with E-state index in [4.69, 9.17) is 23.9 Å². The molecule has 1 N–H and O–H groups in total. The molecule has 0 saturated carbocycles. The second-order valence-corrected chi connectivity index (χ2v) is 11.6. The van der Waals surface area contributed by atoms with Crippen molar-refractivity contribution in [2.45, 2.75) is 72.3 Å². The van der Waals surface area contributed by atoms with Gasteiger partial charge in [-0.3, -0.25) is 14.9 Å². The van der Waals surface area contributed by atoms with Crippen molar-refractivity contribution in [1.29, 1.82) is 0 Å². The number of pyridine rings is 2. The first-order chi connectivity index (χ1) is 21.8. The molecule has 4 aromatic rings. The highest BCUT2D eigenvalue weighted by Gasteiger charge is 2.31. The zero-order valence-corrected chi connectivity index (χ0v) is 26.0. The van der Waals surface area contributed by atoms with Gasteiger partial charge in [-0.1, -0.05) is 13.8 Å². The number of carbonyl (C=O) groups excluding carboxylic acids is 2. The molecule has 13 nitrogen and oxygen atoms in total. The third kappa shape index (κ3) is 6.40. The van der Waals surface area contributed by atoms with Crippen LogP contribution in [0.15, 0.2) is 53.3 Å². The van der Waals surface area contributed by atoms with Crippen molar-refractivity contribution in [3.8, 4) is 22.9 Å². The third-order valence-electron chi connectivity index (χ3n) is 7.48. The highest BCUT2D eigenvalue weighted by atomic mass is 16.7. The topological polar surface area (TPSA) is 169 Å². The van der Waals surface area contributed by atoms with Crippen LogP contribution in [0.5, 0.6) is 11.5 Å². The minimum Gasteiger partial charge on any atom is -0.428 e. The third-order valence-corrected chi connectivity index (χ3v) is 7.48. The number of nitro benzene ring substituents is 1. The van der Waals surface area contributed by atoms with Crippen LogP contribution < -0.4 is 15.0 Å². The number of aromatic nitrogens is 2. The first kappa shape index (κ1) is 32.1. The molecule has 0 amide bonds. The highest BCUT2D eigenvalue weighted by molar-refractivity contribution is 5.89. The summed E-state index contributed by atoms with van der Waals surface area (Å²) in [4.78, 5) is 53.9. The van der Waals surface area contributed by atoms with E-state index in [-0.39, 0.29) is 30.0 Å². The molecule has 0 fully saturated rings. The fourth-order valence-electron chi connectivity index (χ4n) is 5.47. The summed E-state index contributed by atoms with van der Waals surface area (Å²) in [5.41, 5.74) is 2.49. The summed E-state index contributed by atoms with van der Waals surface area (Å²) >= 11 is 0. The number of hydrogen-bond donors (Lipinski definition) is 1. The SMILES string of the molecule is CCc1c2c(nc3ccc(OC(=O)OC(C)(C)C)cc13)-c1cc(C(CC)OC(=O)Oc3ccc([N+](=O)[O-])cc3)c(CO)c(=O)n1C2. The fraction of sp³-hybridized carbons (Fsp3) is 0.333. The van der Waals surface area contributed by atoms with E-state index < -0.39 is 41.1 Å². The Kier molecular flexibility index (Phi) is 8.79. The molecule has 0 radical (unpaired) electrons. The standard InChI is InChI=1S/C33H33N3O10/c1-6-21-22-14-20(44-32(40)46-33(3,4)5)12-13-26(22)34-29-24(21)16-35-27(29)15-23(25(17-37)30(35)38)28(7-2)45-31(39)43-19-10-8-18(9-11-19)36(41)42/h8-15,28,37H,6-7,16-17H2,1-5H3. The number of aryl methyl sites for hydroxylation is 1. The lowest BCUT2D eigenvalue weighted by Gasteiger charge is -2.20. The Morgan fingerprint density at radius 3 is 2.30 bits per heavy atom. The van der Waals surface area contributed by atoms with Gasteiger partial charge in [-0.05, 0) is 75.6 Å². The Morgan fingerprint density at radius 2 is 1.70 bits per heavy atom. The molecule has 1 aliphatic heterocycles. The Labute approximate surface area is 263 Å². The maximum atomic E-state index is 13.7. The van der Waals surface area contributed by atoms with Crippen LogP contribution in [0.1, 0.15) is 69.4 Å². The molecule has 0 bridgehead atoms. The second kappa shape index (κ2) is 12.6. The zero-order chi connectivity index (χ0) is 33.3. The van der Waals surface area contributed by atoms with Gasteiger partial charge < -0.3 is 28.6 Å². The summed E-state index contributed by atoms with van der Waals surface area (Å²) in [5, 5.41) is 21.9. The van der Waals surface area contributed by atoms with Gasteiger partial charge in [0.15, 0.2) is 0 Å². The highest BCUT2D eigenvalue weighted by Crippen LogP contribution is 2.39. The average molecular weight is 632 g/mol. The zero-order valence-electron chi connectivity index (χ0n) is 26.0. The minimum absolute atomic E-state index is 0.0404. The average Bonchev–Trinajstić information content (AvgIpc) is 3.36. The second-order valence-electron chi connectivity index (χ2n) is 11.6. The van der Waals surface area contributed by atoms with Crippen molar-refractivity contribution in [2.75, 3.05) is 0 Å². The van der Waals surface area contributed by atoms with Crippen LogP contribution in [-0.4, -0.2) is 37.5 Å². The van der Waals surface area contributed by atoms with Crippen molar-refractivity contribution >= 4 is 28.9 Å². The summed E-state index contributed by atoms with van der Waals surface area (Å²) in [7, 11) is 0. The largest absolute Gasteiger partial charge is 0.514 e. The molecule has 0 aliphatic carbocycles. The number of ether oxygens (including phenoxy) is 4. The number of aliphatic hydroxyl groups is 1. The maximum Gasteiger partial charge on any atom is 0.514 e. The Morgan fingerprint density at radius 1 is 1.02 bits per heavy atom. The number of benzene rings is 2. The molecule has 0 saturated heterocycles. The molecule has 46 heavy (non-hydrogen) atoms. The van der Waals surface area contributed by atoms with Gasteiger partial charge in [0.1, 0.15) is 23.2 Å². The molecule has 240 valence electrons. The van der Waals surface area contributed by atoms with Crippen LogP contribution in [-0.2, 0) is 29.0 Å². The van der Waals surface area contributed by atoms with E-state index in [1.54, 1.807) is 52.0 Å². The quantitative estimate of drug-likeness (QED) is 0.0874. The Bertz CT molecular complexity index is 1910. The Balaban J connectivity index is 1.49. The first-order valence-electron chi connectivity index (χ1n) is 14.7. The van der Waals surface area contributed by atoms with Crippen molar-refractivity contribution in [1.82, 2.24) is 9.55 Å². The smallest absolute Gasteiger partial charge is 0.428 e. The van der Waals surface area contributed by atoms with Crippen LogP contribution in [0.3, 0.4) is 0 Å². The molecular formula is C33H33N3O10. The predicted molar refractivity (Wildman–Crippen MR) is 166 cm³/mol. The molecule has 13 heteroatoms. The number of carbonyl (C=O) groups is 2. The van der Waals surface area contributed by atoms with Crippen LogP contribution in [0.4, 0.5) is 15.3 Å². The van der Waals surface area contributed by atoms with E-state index >= 15 is 0 Å². The normalized spacial score (nSPS) is 12.7. The van der Waals surface area contributed by atoms with E-state index in [0.717, 1.165) is 16.5 Å². The molecule has 5 rings (SSSR count). The molecule has 2 aromatic heterocycles. The van der Waals surface area contributed by atoms with Gasteiger partial charge >= 0.3 is 12.3 Å². The molecule has 1 unspecified atom stereocenters. The van der Waals surface area contributed by atoms with E-state index in [0.29, 0.717) is 34.6 Å². The van der Waals surface area contributed by atoms with Crippen LogP contribution in [0.2, 0.25) is 0 Å². The van der Waals surface area contributed by atoms with E-state index in [1.165, 1.54) is 28.8 Å². The van der Waals surface area contributed by atoms with E-state index in [9.17, 15) is 29.6 Å². The van der Waals surface area contributed by atoms with Gasteiger partial charge in [0.2, 0.25) is 0 Å². The summed E-state index contributed by atoms with van der Waals surface area (Å²) in [6.07, 6.45) is -2.01. The van der Waals surface area contributed by atoms with Crippen LogP contribution in [0.25, 0.3) is 22.3 Å². The van der Waals surface area contributed by atoms with Crippen molar-refractivity contribution in [3.63, 3.8) is 0 Å². The van der Waals surface area contributed by atoms with Gasteiger partial charge in [-0.2, -0.15) is 0 Å². The fourth-order valence-corrected chi connectivity index (χ4v) is 5.47. The lowest BCUT2D eigenvalue weighted by atomic mass is 9.97. The van der Waals surface area contributed by atoms with Crippen LogP contribution >= 0.6 is 0 Å². The number of fused-ring (bicyclic) bond motifs is 4. The number of rotatable bonds is 8. The number of non-ortho nitro benzene ring substituents is 1. The molecule has 0 spiro atoms. The van der Waals surface area contributed by atoms with E-state index in [1.807, 2.05) is 6.92 Å². The van der Waals surface area contributed by atoms with Gasteiger partial charge in [0, 0.05) is 34.2 Å². The minimum atomic E-state index is -1.08. The van der Waals surface area contributed by atoms with Gasteiger partial charge in [0.25, 0.3) is 11.2 Å². The number of nitrogens with zero attached hydrogens (tertiary/aromatic N) is 3. The molecule has 3 heterocycles. The van der Waals surface area contributed by atoms with Gasteiger partial charge in [-0.25, -0.2) is 14.6 Å². The number of hydrogen-bond acceptors (Lipinski definition) is 11. The summed E-state index contributed by atoms with van der Waals surface area (Å²) < 4.78 is 23.0. The monoisotopic (exact) mass is 631 g/mol. The molecule has 1 atom stereocenters. The Hall–Kier alpha value is -5.30. The number of nitro groups is 1. The lowest BCUT2D eigenvalue weighted by Crippen LogP contribution is -2.27. The molecule has 1 aliphatic rings. The van der Waals surface area contributed by atoms with Crippen LogP contribution in [0, 0.1) is 10.1 Å². The molecular weight excluding hydrogens is 598 g/mol. The van der Waals surface area contributed by atoms with Gasteiger partial charge in [-0.15, -0.1) is 0 Å². The summed E-state index contributed by atoms with van der Waals surface area (Å²) in [5.74, 6) is 0.331. The van der Waals surface area contributed by atoms with Crippen molar-refractivity contribution < 1.29 is 38.6 Å². The van der Waals surface area contributed by atoms with Gasteiger partial charge in [0.05, 0.1) is 35.0 Å². The number of aliphatic hydroxyl groups excluding tert-OH is 1. The predicted octanol–water partition coefficient (Wildman–Crippen LogP) is 6.37. The first-order valence-corrected chi connectivity index (χ1v) is 14.7. The summed E-state index contributed by atoms with van der Waals surface area (Å²) in [6.45, 7) is 8.57. The summed E-state index contributed by atoms with van der Waals surface area (Å²) in [6, 6.07) is 11.7. The van der Waals surface area contributed by atoms with Crippen molar-refractivity contribution in [2.24, 2.45) is 0 Å². The lowest BCUT2D eigenvalue weighted by molar-refractivity contribution is -0.384. The van der Waals surface area contributed by atoms with Crippen molar-refractivity contribution in [3.05, 3.63) is 91.3 Å². The molecule has 2 aromatic carbocycles.